The Morgan fingerprint density at radius 2 is 2.44 bits per heavy atom. The molecule has 0 fully saturated rings. The summed E-state index contributed by atoms with van der Waals surface area (Å²) in [6, 6.07) is 3.89. The molecule has 0 saturated carbocycles. The molecule has 0 spiro atoms. The molecule has 0 unspecified atom stereocenters. The Kier molecular flexibility index (Phi) is 5.74. The molecule has 0 atom stereocenters. The summed E-state index contributed by atoms with van der Waals surface area (Å²) in [5.41, 5.74) is 0. The number of thiocarbonyl (C=S) groups is 1. The predicted octanol–water partition coefficient (Wildman–Crippen LogP) is 2.16. The van der Waals surface area contributed by atoms with Crippen LogP contribution in [-0.2, 0) is 4.79 Å². The van der Waals surface area contributed by atoms with Gasteiger partial charge in [0.05, 0.1) is 0 Å². The van der Waals surface area contributed by atoms with Crippen LogP contribution in [0.15, 0.2) is 23.6 Å². The van der Waals surface area contributed by atoms with Gasteiger partial charge in [-0.1, -0.05) is 13.0 Å². The van der Waals surface area contributed by atoms with Crippen LogP contribution in [0.25, 0.3) is 6.08 Å². The maximum atomic E-state index is 11.4. The fourth-order valence-electron chi connectivity index (χ4n) is 0.980. The quantitative estimate of drug-likeness (QED) is 0.639. The van der Waals surface area contributed by atoms with Gasteiger partial charge in [-0.05, 0) is 36.2 Å². The average molecular weight is 254 g/mol. The molecular weight excluding hydrogens is 240 g/mol. The SMILES string of the molecule is CCCNC(=S)NC(=O)/C=C/c1cccs1. The highest BCUT2D eigenvalue weighted by Crippen LogP contribution is 2.09. The summed E-state index contributed by atoms with van der Waals surface area (Å²) < 4.78 is 0. The summed E-state index contributed by atoms with van der Waals surface area (Å²) in [6.45, 7) is 2.81. The number of rotatable bonds is 4. The Labute approximate surface area is 105 Å². The highest BCUT2D eigenvalue weighted by atomic mass is 32.1. The maximum absolute atomic E-state index is 11.4. The highest BCUT2D eigenvalue weighted by molar-refractivity contribution is 7.80. The van der Waals surface area contributed by atoms with E-state index in [2.05, 4.69) is 10.6 Å². The molecule has 1 amide bonds. The molecule has 0 aliphatic carbocycles. The van der Waals surface area contributed by atoms with E-state index in [1.54, 1.807) is 17.4 Å². The third-order valence-electron chi connectivity index (χ3n) is 1.71. The van der Waals surface area contributed by atoms with Gasteiger partial charge in [0, 0.05) is 17.5 Å². The fraction of sp³-hybridized carbons (Fsp3) is 0.273. The van der Waals surface area contributed by atoms with Crippen molar-refractivity contribution in [2.45, 2.75) is 13.3 Å². The first-order valence-electron chi connectivity index (χ1n) is 5.02. The van der Waals surface area contributed by atoms with Gasteiger partial charge >= 0.3 is 0 Å². The lowest BCUT2D eigenvalue weighted by atomic mass is 10.4. The van der Waals surface area contributed by atoms with Crippen LogP contribution >= 0.6 is 23.6 Å². The van der Waals surface area contributed by atoms with Crippen LogP contribution in [0.5, 0.6) is 0 Å². The number of hydrogen-bond donors (Lipinski definition) is 2. The average Bonchev–Trinajstić information content (AvgIpc) is 2.76. The van der Waals surface area contributed by atoms with Crippen LogP contribution in [0.4, 0.5) is 0 Å². The summed E-state index contributed by atoms with van der Waals surface area (Å²) in [5.74, 6) is -0.206. The monoisotopic (exact) mass is 254 g/mol. The van der Waals surface area contributed by atoms with Gasteiger partial charge in [-0.15, -0.1) is 11.3 Å². The molecule has 16 heavy (non-hydrogen) atoms. The zero-order valence-corrected chi connectivity index (χ0v) is 10.7. The largest absolute Gasteiger partial charge is 0.362 e. The molecule has 5 heteroatoms. The van der Waals surface area contributed by atoms with Crippen LogP contribution in [0.2, 0.25) is 0 Å². The highest BCUT2D eigenvalue weighted by Gasteiger charge is 1.99. The topological polar surface area (TPSA) is 41.1 Å². The van der Waals surface area contributed by atoms with E-state index in [4.69, 9.17) is 12.2 Å². The van der Waals surface area contributed by atoms with Gasteiger partial charge in [-0.25, -0.2) is 0 Å². The number of carbonyl (C=O) groups excluding carboxylic acids is 1. The van der Waals surface area contributed by atoms with Crippen LogP contribution in [0.1, 0.15) is 18.2 Å². The van der Waals surface area contributed by atoms with Gasteiger partial charge in [0.2, 0.25) is 5.91 Å². The van der Waals surface area contributed by atoms with Gasteiger partial charge in [0.1, 0.15) is 0 Å². The molecule has 2 N–H and O–H groups in total. The fourth-order valence-corrected chi connectivity index (χ4v) is 1.80. The summed E-state index contributed by atoms with van der Waals surface area (Å²) in [5, 5.41) is 7.84. The van der Waals surface area contributed by atoms with Gasteiger partial charge in [-0.2, -0.15) is 0 Å². The third kappa shape index (κ3) is 5.04. The molecule has 0 radical (unpaired) electrons. The Balaban J connectivity index is 2.33. The Morgan fingerprint density at radius 1 is 1.62 bits per heavy atom. The molecule has 0 bridgehead atoms. The molecule has 1 rings (SSSR count). The van der Waals surface area contributed by atoms with E-state index in [0.29, 0.717) is 5.11 Å². The second-order valence-corrected chi connectivity index (χ2v) is 4.48. The molecule has 1 aromatic heterocycles. The van der Waals surface area contributed by atoms with Crippen molar-refractivity contribution in [1.29, 1.82) is 0 Å². The van der Waals surface area contributed by atoms with E-state index in [0.717, 1.165) is 17.8 Å². The summed E-state index contributed by atoms with van der Waals surface area (Å²) in [6.07, 6.45) is 4.22. The van der Waals surface area contributed by atoms with Gasteiger partial charge in [-0.3, -0.25) is 10.1 Å². The van der Waals surface area contributed by atoms with E-state index in [9.17, 15) is 4.79 Å². The van der Waals surface area contributed by atoms with E-state index in [1.165, 1.54) is 6.08 Å². The summed E-state index contributed by atoms with van der Waals surface area (Å²) >= 11 is 6.52. The molecule has 86 valence electrons. The second kappa shape index (κ2) is 7.14. The molecule has 0 aromatic carbocycles. The van der Waals surface area contributed by atoms with Gasteiger partial charge < -0.3 is 5.32 Å². The van der Waals surface area contributed by atoms with Crippen molar-refractivity contribution in [3.8, 4) is 0 Å². The third-order valence-corrected chi connectivity index (χ3v) is 2.80. The number of hydrogen-bond acceptors (Lipinski definition) is 3. The molecule has 1 heterocycles. The number of carbonyl (C=O) groups is 1. The van der Waals surface area contributed by atoms with Crippen LogP contribution in [0, 0.1) is 0 Å². The predicted molar refractivity (Wildman–Crippen MR) is 72.4 cm³/mol. The van der Waals surface area contributed by atoms with Gasteiger partial charge in [0.15, 0.2) is 5.11 Å². The molecule has 0 aliphatic heterocycles. The summed E-state index contributed by atoms with van der Waals surface area (Å²) in [4.78, 5) is 12.4. The normalized spacial score (nSPS) is 10.3. The molecular formula is C11H14N2OS2. The minimum Gasteiger partial charge on any atom is -0.362 e. The Hall–Kier alpha value is -1.20. The van der Waals surface area contributed by atoms with Crippen molar-refractivity contribution in [2.75, 3.05) is 6.54 Å². The molecule has 0 saturated heterocycles. The first kappa shape index (κ1) is 12.9. The van der Waals surface area contributed by atoms with Crippen molar-refractivity contribution in [2.24, 2.45) is 0 Å². The van der Waals surface area contributed by atoms with Crippen molar-refractivity contribution in [3.63, 3.8) is 0 Å². The van der Waals surface area contributed by atoms with E-state index in [1.807, 2.05) is 24.4 Å². The number of thiophene rings is 1. The molecule has 3 nitrogen and oxygen atoms in total. The van der Waals surface area contributed by atoms with E-state index in [-0.39, 0.29) is 5.91 Å². The minimum atomic E-state index is -0.206. The van der Waals surface area contributed by atoms with Crippen molar-refractivity contribution >= 4 is 40.7 Å². The standard InChI is InChI=1S/C11H14N2OS2/c1-2-7-12-11(15)13-10(14)6-5-9-4-3-8-16-9/h3-6,8H,2,7H2,1H3,(H2,12,13,14,15)/b6-5+. The smallest absolute Gasteiger partial charge is 0.250 e. The minimum absolute atomic E-state index is 0.206. The van der Waals surface area contributed by atoms with Gasteiger partial charge in [0.25, 0.3) is 0 Å². The number of amides is 1. The lowest BCUT2D eigenvalue weighted by molar-refractivity contribution is -0.115. The van der Waals surface area contributed by atoms with E-state index < -0.39 is 0 Å². The lowest BCUT2D eigenvalue weighted by Gasteiger charge is -2.05. The maximum Gasteiger partial charge on any atom is 0.250 e. The number of nitrogens with one attached hydrogen (secondary N) is 2. The Bertz CT molecular complexity index is 371. The second-order valence-electron chi connectivity index (χ2n) is 3.09. The Morgan fingerprint density at radius 3 is 3.06 bits per heavy atom. The van der Waals surface area contributed by atoms with Crippen molar-refractivity contribution in [1.82, 2.24) is 10.6 Å². The van der Waals surface area contributed by atoms with Crippen LogP contribution in [0.3, 0.4) is 0 Å². The van der Waals surface area contributed by atoms with Crippen LogP contribution in [-0.4, -0.2) is 17.6 Å². The van der Waals surface area contributed by atoms with Crippen molar-refractivity contribution < 1.29 is 4.79 Å². The first-order chi connectivity index (χ1) is 7.72. The summed E-state index contributed by atoms with van der Waals surface area (Å²) in [7, 11) is 0. The van der Waals surface area contributed by atoms with Crippen molar-refractivity contribution in [3.05, 3.63) is 28.5 Å². The van der Waals surface area contributed by atoms with Crippen LogP contribution < -0.4 is 10.6 Å². The zero-order valence-electron chi connectivity index (χ0n) is 9.03. The molecule has 0 aliphatic rings. The molecule has 1 aromatic rings. The van der Waals surface area contributed by atoms with E-state index >= 15 is 0 Å². The zero-order chi connectivity index (χ0) is 11.8. The first-order valence-corrected chi connectivity index (χ1v) is 6.31. The lowest BCUT2D eigenvalue weighted by Crippen LogP contribution is -2.38.